The van der Waals surface area contributed by atoms with Crippen molar-refractivity contribution in [3.05, 3.63) is 60.0 Å². The molecule has 4 nitrogen and oxygen atoms in total. The van der Waals surface area contributed by atoms with E-state index in [1.54, 1.807) is 23.9 Å². The Morgan fingerprint density at radius 3 is 2.64 bits per heavy atom. The van der Waals surface area contributed by atoms with Crippen LogP contribution in [0.25, 0.3) is 16.9 Å². The molecule has 0 saturated carbocycles. The van der Waals surface area contributed by atoms with Gasteiger partial charge in [0.1, 0.15) is 17.3 Å². The van der Waals surface area contributed by atoms with Gasteiger partial charge in [0.2, 0.25) is 0 Å². The minimum Gasteiger partial charge on any atom is -0.497 e. The van der Waals surface area contributed by atoms with Gasteiger partial charge in [0.25, 0.3) is 0 Å². The Labute approximate surface area is 132 Å². The summed E-state index contributed by atoms with van der Waals surface area (Å²) in [4.78, 5) is 0. The van der Waals surface area contributed by atoms with Crippen LogP contribution >= 0.6 is 11.6 Å². The number of aromatic nitrogens is 3. The molecule has 0 fully saturated rings. The number of rotatable bonds is 4. The fourth-order valence-corrected chi connectivity index (χ4v) is 2.41. The van der Waals surface area contributed by atoms with Crippen LogP contribution in [-0.2, 0) is 5.88 Å². The van der Waals surface area contributed by atoms with Crippen LogP contribution < -0.4 is 4.74 Å². The molecule has 22 heavy (non-hydrogen) atoms. The van der Waals surface area contributed by atoms with Gasteiger partial charge >= 0.3 is 0 Å². The molecular formula is C16H13ClFN3O. The third-order valence-electron chi connectivity index (χ3n) is 3.28. The number of ether oxygens (including phenoxy) is 1. The first-order chi connectivity index (χ1) is 10.7. The molecule has 1 heterocycles. The van der Waals surface area contributed by atoms with Crippen LogP contribution in [0.1, 0.15) is 5.69 Å². The minimum absolute atomic E-state index is 0.230. The zero-order valence-corrected chi connectivity index (χ0v) is 12.6. The van der Waals surface area contributed by atoms with Gasteiger partial charge in [-0.3, -0.25) is 0 Å². The van der Waals surface area contributed by atoms with Crippen LogP contribution in [0.3, 0.4) is 0 Å². The van der Waals surface area contributed by atoms with Gasteiger partial charge in [0, 0.05) is 5.56 Å². The van der Waals surface area contributed by atoms with Crippen molar-refractivity contribution in [2.45, 2.75) is 5.88 Å². The molecule has 3 aromatic rings. The zero-order valence-electron chi connectivity index (χ0n) is 11.8. The van der Waals surface area contributed by atoms with Crippen LogP contribution in [0, 0.1) is 5.82 Å². The summed E-state index contributed by atoms with van der Waals surface area (Å²) in [6, 6.07) is 13.6. The smallest absolute Gasteiger partial charge is 0.123 e. The summed E-state index contributed by atoms with van der Waals surface area (Å²) in [6.45, 7) is 0. The lowest BCUT2D eigenvalue weighted by Crippen LogP contribution is -2.00. The normalized spacial score (nSPS) is 10.7. The fraction of sp³-hybridized carbons (Fsp3) is 0.125. The van der Waals surface area contributed by atoms with Gasteiger partial charge in [-0.1, -0.05) is 17.3 Å². The van der Waals surface area contributed by atoms with E-state index in [2.05, 4.69) is 10.3 Å². The summed E-state index contributed by atoms with van der Waals surface area (Å²) < 4.78 is 20.0. The summed E-state index contributed by atoms with van der Waals surface area (Å²) in [5, 5.41) is 8.25. The number of hydrogen-bond donors (Lipinski definition) is 0. The van der Waals surface area contributed by atoms with Gasteiger partial charge in [-0.15, -0.1) is 16.7 Å². The van der Waals surface area contributed by atoms with Gasteiger partial charge in [0.05, 0.1) is 24.4 Å². The number of alkyl halides is 1. The molecule has 112 valence electrons. The summed E-state index contributed by atoms with van der Waals surface area (Å²) in [5.41, 5.74) is 3.01. The van der Waals surface area contributed by atoms with Crippen molar-refractivity contribution in [1.29, 1.82) is 0 Å². The van der Waals surface area contributed by atoms with Gasteiger partial charge < -0.3 is 4.74 Å². The molecule has 0 aliphatic carbocycles. The predicted molar refractivity (Wildman–Crippen MR) is 82.9 cm³/mol. The molecule has 0 saturated heterocycles. The summed E-state index contributed by atoms with van der Waals surface area (Å²) in [7, 11) is 1.61. The van der Waals surface area contributed by atoms with E-state index >= 15 is 0 Å². The van der Waals surface area contributed by atoms with Crippen molar-refractivity contribution in [1.82, 2.24) is 15.0 Å². The highest BCUT2D eigenvalue weighted by molar-refractivity contribution is 6.17. The minimum atomic E-state index is -0.302. The van der Waals surface area contributed by atoms with E-state index in [0.29, 0.717) is 11.4 Å². The second kappa shape index (κ2) is 6.15. The molecule has 0 N–H and O–H groups in total. The van der Waals surface area contributed by atoms with E-state index in [1.807, 2.05) is 24.3 Å². The molecule has 0 atom stereocenters. The van der Waals surface area contributed by atoms with E-state index in [9.17, 15) is 4.39 Å². The quantitative estimate of drug-likeness (QED) is 0.687. The Balaban J connectivity index is 2.16. The predicted octanol–water partition coefficient (Wildman–Crippen LogP) is 3.82. The van der Waals surface area contributed by atoms with E-state index in [4.69, 9.17) is 16.3 Å². The maximum atomic E-state index is 13.1. The molecule has 0 aliphatic heterocycles. The van der Waals surface area contributed by atoms with Gasteiger partial charge in [-0.2, -0.15) is 0 Å². The Bertz CT molecular complexity index is 786. The topological polar surface area (TPSA) is 39.9 Å². The van der Waals surface area contributed by atoms with Crippen molar-refractivity contribution in [2.75, 3.05) is 7.11 Å². The Morgan fingerprint density at radius 1 is 1.18 bits per heavy atom. The second-order valence-electron chi connectivity index (χ2n) is 4.64. The largest absolute Gasteiger partial charge is 0.497 e. The highest BCUT2D eigenvalue weighted by atomic mass is 35.5. The number of methoxy groups -OCH3 is 1. The first-order valence-corrected chi connectivity index (χ1v) is 7.17. The molecule has 1 aromatic heterocycles. The van der Waals surface area contributed by atoms with Crippen LogP contribution in [0.2, 0.25) is 0 Å². The third kappa shape index (κ3) is 2.67. The Hall–Kier alpha value is -2.40. The molecule has 0 bridgehead atoms. The number of halogens is 2. The lowest BCUT2D eigenvalue weighted by Gasteiger charge is -2.09. The Kier molecular flexibility index (Phi) is 4.06. The van der Waals surface area contributed by atoms with Crippen LogP contribution in [-0.4, -0.2) is 22.1 Å². The van der Waals surface area contributed by atoms with Crippen molar-refractivity contribution >= 4 is 11.6 Å². The van der Waals surface area contributed by atoms with E-state index in [0.717, 1.165) is 17.0 Å². The summed E-state index contributed by atoms with van der Waals surface area (Å²) >= 11 is 5.97. The van der Waals surface area contributed by atoms with E-state index in [1.165, 1.54) is 12.1 Å². The summed E-state index contributed by atoms with van der Waals surface area (Å²) in [5.74, 6) is 0.655. The number of nitrogens with zero attached hydrogens (tertiary/aromatic N) is 3. The molecule has 0 unspecified atom stereocenters. The van der Waals surface area contributed by atoms with Gasteiger partial charge in [-0.05, 0) is 36.4 Å². The van der Waals surface area contributed by atoms with Crippen molar-refractivity contribution in [3.63, 3.8) is 0 Å². The number of hydrogen-bond acceptors (Lipinski definition) is 3. The molecule has 0 spiro atoms. The van der Waals surface area contributed by atoms with Crippen LogP contribution in [0.4, 0.5) is 4.39 Å². The molecule has 0 radical (unpaired) electrons. The first-order valence-electron chi connectivity index (χ1n) is 6.64. The standard InChI is InChI=1S/C16H13ClFN3O/c1-22-14-4-2-3-11(9-14)16-15(10-17)19-20-21(16)13-7-5-12(18)6-8-13/h2-9H,10H2,1H3. The maximum Gasteiger partial charge on any atom is 0.123 e. The van der Waals surface area contributed by atoms with E-state index < -0.39 is 0 Å². The highest BCUT2D eigenvalue weighted by Crippen LogP contribution is 2.28. The monoisotopic (exact) mass is 317 g/mol. The third-order valence-corrected chi connectivity index (χ3v) is 3.53. The molecule has 6 heteroatoms. The lowest BCUT2D eigenvalue weighted by atomic mass is 10.1. The summed E-state index contributed by atoms with van der Waals surface area (Å²) in [6.07, 6.45) is 0. The van der Waals surface area contributed by atoms with E-state index in [-0.39, 0.29) is 11.7 Å². The lowest BCUT2D eigenvalue weighted by molar-refractivity contribution is 0.415. The molecule has 2 aromatic carbocycles. The maximum absolute atomic E-state index is 13.1. The number of benzene rings is 2. The molecular weight excluding hydrogens is 305 g/mol. The fourth-order valence-electron chi connectivity index (χ4n) is 2.23. The molecule has 0 amide bonds. The SMILES string of the molecule is COc1cccc(-c2c(CCl)nnn2-c2ccc(F)cc2)c1. The van der Waals surface area contributed by atoms with Crippen molar-refractivity contribution in [2.24, 2.45) is 0 Å². The van der Waals surface area contributed by atoms with Crippen molar-refractivity contribution in [3.8, 4) is 22.7 Å². The van der Waals surface area contributed by atoms with Gasteiger partial charge in [0.15, 0.2) is 0 Å². The van der Waals surface area contributed by atoms with Crippen LogP contribution in [0.5, 0.6) is 5.75 Å². The van der Waals surface area contributed by atoms with Crippen molar-refractivity contribution < 1.29 is 9.13 Å². The average molecular weight is 318 g/mol. The molecule has 0 aliphatic rings. The highest BCUT2D eigenvalue weighted by Gasteiger charge is 2.16. The first kappa shape index (κ1) is 14.5. The molecule has 3 rings (SSSR count). The zero-order chi connectivity index (χ0) is 15.5. The second-order valence-corrected chi connectivity index (χ2v) is 4.91. The van der Waals surface area contributed by atoms with Gasteiger partial charge in [-0.25, -0.2) is 9.07 Å². The van der Waals surface area contributed by atoms with Crippen LogP contribution in [0.15, 0.2) is 48.5 Å². The Morgan fingerprint density at radius 2 is 1.95 bits per heavy atom. The average Bonchev–Trinajstić information content (AvgIpc) is 2.99.